The van der Waals surface area contributed by atoms with Gasteiger partial charge in [0, 0.05) is 19.8 Å². The first-order valence-electron chi connectivity index (χ1n) is 5.48. The predicted molar refractivity (Wildman–Crippen MR) is 61.7 cm³/mol. The van der Waals surface area contributed by atoms with Crippen molar-refractivity contribution in [2.75, 3.05) is 0 Å². The van der Waals surface area contributed by atoms with Gasteiger partial charge in [0.15, 0.2) is 0 Å². The van der Waals surface area contributed by atoms with E-state index >= 15 is 0 Å². The number of esters is 1. The number of allylic oxidation sites excluding steroid dienone is 2. The first-order valence-corrected chi connectivity index (χ1v) is 8.89. The Morgan fingerprint density at radius 1 is 1.13 bits per heavy atom. The zero-order valence-corrected chi connectivity index (χ0v) is 11.1. The second-order valence-electron chi connectivity index (χ2n) is 4.86. The van der Waals surface area contributed by atoms with E-state index in [9.17, 15) is 4.79 Å². The maximum atomic E-state index is 10.9. The van der Waals surface area contributed by atoms with Crippen molar-refractivity contribution in [2.45, 2.75) is 52.2 Å². The molecule has 0 spiro atoms. The third-order valence-corrected chi connectivity index (χ3v) is 2.92. The molecule has 0 fully saturated rings. The lowest BCUT2D eigenvalue weighted by atomic mass is 10.0. The molecule has 0 aliphatic heterocycles. The molecule has 86 valence electrons. The number of carbonyl (C=O) groups excluding carboxylic acids is 1. The van der Waals surface area contributed by atoms with Gasteiger partial charge >= 0.3 is 5.97 Å². The van der Waals surface area contributed by atoms with Crippen LogP contribution in [0.2, 0.25) is 19.6 Å². The fourth-order valence-electron chi connectivity index (χ4n) is 1.61. The lowest BCUT2D eigenvalue weighted by molar-refractivity contribution is -0.137. The van der Waals surface area contributed by atoms with Crippen LogP contribution in [-0.2, 0) is 14.0 Å². The van der Waals surface area contributed by atoms with Gasteiger partial charge in [-0.1, -0.05) is 0 Å². The number of rotatable bonds is 3. The van der Waals surface area contributed by atoms with Crippen LogP contribution in [0.1, 0.15) is 32.6 Å². The topological polar surface area (TPSA) is 35.5 Å². The molecule has 1 rings (SSSR count). The van der Waals surface area contributed by atoms with Gasteiger partial charge in [0.05, 0.1) is 0 Å². The molecule has 0 radical (unpaired) electrons. The molecule has 0 atom stereocenters. The molecule has 15 heavy (non-hydrogen) atoms. The summed E-state index contributed by atoms with van der Waals surface area (Å²) in [5.41, 5.74) is 0. The van der Waals surface area contributed by atoms with Gasteiger partial charge in [0.1, 0.15) is 11.5 Å². The van der Waals surface area contributed by atoms with E-state index in [1.54, 1.807) is 0 Å². The molecule has 1 aliphatic rings. The Hall–Kier alpha value is -0.773. The second kappa shape index (κ2) is 4.83. The van der Waals surface area contributed by atoms with Crippen LogP contribution in [-0.4, -0.2) is 14.3 Å². The van der Waals surface area contributed by atoms with Crippen LogP contribution in [0.25, 0.3) is 0 Å². The molecule has 0 saturated heterocycles. The summed E-state index contributed by atoms with van der Waals surface area (Å²) in [6.07, 6.45) is 3.96. The molecular formula is C11H20O3Si. The van der Waals surface area contributed by atoms with Crippen molar-refractivity contribution < 1.29 is 14.0 Å². The van der Waals surface area contributed by atoms with Crippen LogP contribution in [0.15, 0.2) is 11.5 Å². The summed E-state index contributed by atoms with van der Waals surface area (Å²) in [7, 11) is -1.59. The highest BCUT2D eigenvalue weighted by atomic mass is 28.4. The molecule has 4 heteroatoms. The van der Waals surface area contributed by atoms with Crippen LogP contribution in [0.3, 0.4) is 0 Å². The predicted octanol–water partition coefficient (Wildman–Crippen LogP) is 3.19. The largest absolute Gasteiger partial charge is 0.545 e. The van der Waals surface area contributed by atoms with E-state index in [4.69, 9.17) is 9.16 Å². The number of hydrogen-bond acceptors (Lipinski definition) is 3. The minimum atomic E-state index is -1.59. The third-order valence-electron chi connectivity index (χ3n) is 2.06. The first kappa shape index (κ1) is 12.3. The Morgan fingerprint density at radius 3 is 2.13 bits per heavy atom. The van der Waals surface area contributed by atoms with Gasteiger partial charge in [-0.15, -0.1) is 0 Å². The summed E-state index contributed by atoms with van der Waals surface area (Å²) < 4.78 is 11.1. The Bertz CT molecular complexity index is 276. The summed E-state index contributed by atoms with van der Waals surface area (Å²) in [5, 5.41) is 0. The van der Waals surface area contributed by atoms with Gasteiger partial charge in [0.25, 0.3) is 0 Å². The monoisotopic (exact) mass is 228 g/mol. The normalized spacial score (nSPS) is 17.6. The van der Waals surface area contributed by atoms with Crippen LogP contribution in [0.4, 0.5) is 0 Å². The standard InChI is InChI=1S/C11H20O3Si/c1-9(12)13-10-7-5-6-8-11(10)14-15(2,3)4/h5-8H2,1-4H3. The molecule has 1 aliphatic carbocycles. The summed E-state index contributed by atoms with van der Waals surface area (Å²) in [4.78, 5) is 10.9. The van der Waals surface area contributed by atoms with Crippen molar-refractivity contribution in [3.8, 4) is 0 Å². The van der Waals surface area contributed by atoms with Crippen LogP contribution < -0.4 is 0 Å². The van der Waals surface area contributed by atoms with Crippen molar-refractivity contribution in [1.29, 1.82) is 0 Å². The summed E-state index contributed by atoms with van der Waals surface area (Å²) in [6, 6.07) is 0. The zero-order valence-electron chi connectivity index (χ0n) is 10.1. The average Bonchev–Trinajstić information content (AvgIpc) is 2.05. The van der Waals surface area contributed by atoms with Crippen molar-refractivity contribution in [3.05, 3.63) is 11.5 Å². The van der Waals surface area contributed by atoms with Gasteiger partial charge < -0.3 is 9.16 Å². The van der Waals surface area contributed by atoms with E-state index in [1.165, 1.54) is 6.92 Å². The molecule has 0 bridgehead atoms. The Kier molecular flexibility index (Phi) is 3.96. The van der Waals surface area contributed by atoms with Gasteiger partial charge in [-0.3, -0.25) is 4.79 Å². The molecule has 0 unspecified atom stereocenters. The van der Waals surface area contributed by atoms with E-state index in [2.05, 4.69) is 19.6 Å². The smallest absolute Gasteiger partial charge is 0.307 e. The highest BCUT2D eigenvalue weighted by Crippen LogP contribution is 2.28. The second-order valence-corrected chi connectivity index (χ2v) is 9.29. The molecular weight excluding hydrogens is 208 g/mol. The van der Waals surface area contributed by atoms with Crippen molar-refractivity contribution >= 4 is 14.3 Å². The maximum Gasteiger partial charge on any atom is 0.307 e. The Labute approximate surface area is 92.6 Å². The average molecular weight is 228 g/mol. The van der Waals surface area contributed by atoms with Crippen LogP contribution in [0, 0.1) is 0 Å². The van der Waals surface area contributed by atoms with Gasteiger partial charge in [-0.2, -0.15) is 0 Å². The van der Waals surface area contributed by atoms with Crippen LogP contribution in [0.5, 0.6) is 0 Å². The number of ether oxygens (including phenoxy) is 1. The quantitative estimate of drug-likeness (QED) is 0.550. The summed E-state index contributed by atoms with van der Waals surface area (Å²) in [6.45, 7) is 7.85. The van der Waals surface area contributed by atoms with Gasteiger partial charge in [-0.05, 0) is 32.5 Å². The van der Waals surface area contributed by atoms with E-state index in [1.807, 2.05) is 0 Å². The lowest BCUT2D eigenvalue weighted by Gasteiger charge is -2.26. The molecule has 0 N–H and O–H groups in total. The van der Waals surface area contributed by atoms with Gasteiger partial charge in [-0.25, -0.2) is 0 Å². The fourth-order valence-corrected chi connectivity index (χ4v) is 2.56. The van der Waals surface area contributed by atoms with Crippen LogP contribution >= 0.6 is 0 Å². The third kappa shape index (κ3) is 4.51. The summed E-state index contributed by atoms with van der Waals surface area (Å²) >= 11 is 0. The van der Waals surface area contributed by atoms with E-state index in [-0.39, 0.29) is 5.97 Å². The zero-order chi connectivity index (χ0) is 11.5. The molecule has 3 nitrogen and oxygen atoms in total. The molecule has 0 aromatic carbocycles. The molecule has 0 aromatic heterocycles. The summed E-state index contributed by atoms with van der Waals surface area (Å²) in [5.74, 6) is 1.43. The lowest BCUT2D eigenvalue weighted by Crippen LogP contribution is -2.26. The van der Waals surface area contributed by atoms with E-state index in [0.717, 1.165) is 37.2 Å². The molecule has 0 amide bonds. The van der Waals surface area contributed by atoms with Gasteiger partial charge in [0.2, 0.25) is 8.32 Å². The number of hydrogen-bond donors (Lipinski definition) is 0. The fraction of sp³-hybridized carbons (Fsp3) is 0.727. The Balaban J connectivity index is 2.76. The molecule has 0 saturated carbocycles. The number of carbonyl (C=O) groups is 1. The van der Waals surface area contributed by atoms with Crippen molar-refractivity contribution in [2.24, 2.45) is 0 Å². The Morgan fingerprint density at radius 2 is 1.67 bits per heavy atom. The minimum Gasteiger partial charge on any atom is -0.545 e. The first-order chi connectivity index (χ1) is 6.88. The highest BCUT2D eigenvalue weighted by Gasteiger charge is 2.23. The highest BCUT2D eigenvalue weighted by molar-refractivity contribution is 6.70. The molecule has 0 heterocycles. The SMILES string of the molecule is CC(=O)OC1=C(O[Si](C)(C)C)CCCC1. The van der Waals surface area contributed by atoms with E-state index < -0.39 is 8.32 Å². The minimum absolute atomic E-state index is 0.247. The maximum absolute atomic E-state index is 10.9. The molecule has 0 aromatic rings. The van der Waals surface area contributed by atoms with Crippen molar-refractivity contribution in [1.82, 2.24) is 0 Å². The van der Waals surface area contributed by atoms with E-state index in [0.29, 0.717) is 0 Å². The van der Waals surface area contributed by atoms with Crippen molar-refractivity contribution in [3.63, 3.8) is 0 Å².